The van der Waals surface area contributed by atoms with Crippen LogP contribution in [0.15, 0.2) is 0 Å². The molecule has 0 fully saturated rings. The molecule has 31 heavy (non-hydrogen) atoms. The summed E-state index contributed by atoms with van der Waals surface area (Å²) in [5.74, 6) is -4.80. The first-order chi connectivity index (χ1) is 14.3. The van der Waals surface area contributed by atoms with Gasteiger partial charge in [-0.05, 0) is 25.7 Å². The Bertz CT molecular complexity index is 655. The van der Waals surface area contributed by atoms with Gasteiger partial charge < -0.3 is 42.7 Å². The highest BCUT2D eigenvalue weighted by molar-refractivity contribution is 5.94. The van der Waals surface area contributed by atoms with Crippen LogP contribution in [0.4, 0.5) is 0 Å². The first-order valence-corrected chi connectivity index (χ1v) is 9.76. The smallest absolute Gasteiger partial charge is 0.328 e. The molecule has 0 aromatic rings. The Hall–Kier alpha value is -2.77. The van der Waals surface area contributed by atoms with Gasteiger partial charge in [-0.1, -0.05) is 13.8 Å². The van der Waals surface area contributed by atoms with Crippen LogP contribution >= 0.6 is 0 Å². The van der Waals surface area contributed by atoms with E-state index in [4.69, 9.17) is 21.7 Å². The van der Waals surface area contributed by atoms with Crippen molar-refractivity contribution in [2.24, 2.45) is 17.4 Å². The average molecular weight is 447 g/mol. The van der Waals surface area contributed by atoms with Gasteiger partial charge in [0.15, 0.2) is 6.04 Å². The van der Waals surface area contributed by atoms with Crippen LogP contribution < -0.4 is 27.4 Å². The van der Waals surface area contributed by atoms with Gasteiger partial charge in [0.25, 0.3) is 0 Å². The number of nitrogens with two attached hydrogens (primary N) is 2. The van der Waals surface area contributed by atoms with Gasteiger partial charge in [0.05, 0.1) is 12.7 Å². The minimum atomic E-state index is -1.64. The van der Waals surface area contributed by atoms with Gasteiger partial charge in [-0.3, -0.25) is 19.2 Å². The molecule has 0 aliphatic heterocycles. The lowest BCUT2D eigenvalue weighted by Gasteiger charge is -2.26. The zero-order valence-corrected chi connectivity index (χ0v) is 17.8. The Morgan fingerprint density at radius 1 is 0.903 bits per heavy atom. The first-order valence-electron chi connectivity index (χ1n) is 9.76. The van der Waals surface area contributed by atoms with Gasteiger partial charge in [-0.2, -0.15) is 0 Å². The summed E-state index contributed by atoms with van der Waals surface area (Å²) in [5.41, 5.74) is 10.5. The molecule has 0 saturated heterocycles. The van der Waals surface area contributed by atoms with E-state index in [0.717, 1.165) is 6.92 Å². The third-order valence-corrected chi connectivity index (χ3v) is 4.23. The number of primary amides is 1. The van der Waals surface area contributed by atoms with Gasteiger partial charge in [-0.25, -0.2) is 4.79 Å². The fourth-order valence-corrected chi connectivity index (χ4v) is 2.53. The largest absolute Gasteiger partial charge is 0.480 e. The van der Waals surface area contributed by atoms with Crippen LogP contribution in [0.5, 0.6) is 0 Å². The number of carbonyl (C=O) groups is 5. The summed E-state index contributed by atoms with van der Waals surface area (Å²) in [5, 5.41) is 34.5. The van der Waals surface area contributed by atoms with Crippen molar-refractivity contribution < 1.29 is 39.3 Å². The Balaban J connectivity index is 5.52. The third kappa shape index (κ3) is 10.7. The predicted molar refractivity (Wildman–Crippen MR) is 108 cm³/mol. The second kappa shape index (κ2) is 13.5. The van der Waals surface area contributed by atoms with E-state index < -0.39 is 66.5 Å². The molecule has 0 aliphatic rings. The van der Waals surface area contributed by atoms with E-state index in [1.807, 2.05) is 0 Å². The summed E-state index contributed by atoms with van der Waals surface area (Å²) >= 11 is 0. The molecule has 5 atom stereocenters. The van der Waals surface area contributed by atoms with Crippen molar-refractivity contribution in [2.45, 2.75) is 70.3 Å². The lowest BCUT2D eigenvalue weighted by Crippen LogP contribution is -2.58. The monoisotopic (exact) mass is 447 g/mol. The Morgan fingerprint density at radius 2 is 1.42 bits per heavy atom. The molecular weight excluding hydrogens is 414 g/mol. The van der Waals surface area contributed by atoms with Crippen molar-refractivity contribution in [1.29, 1.82) is 0 Å². The lowest BCUT2D eigenvalue weighted by molar-refractivity contribution is -0.145. The molecule has 0 bridgehead atoms. The number of nitrogens with one attached hydrogen (secondary N) is 3. The van der Waals surface area contributed by atoms with Crippen LogP contribution in [0.1, 0.15) is 40.0 Å². The van der Waals surface area contributed by atoms with E-state index in [1.165, 1.54) is 0 Å². The Morgan fingerprint density at radius 3 is 1.84 bits per heavy atom. The molecule has 178 valence electrons. The maximum atomic E-state index is 12.7. The standard InChI is InChI=1S/C18H33N5O8/c1-8(2)6-12(22-15(27)10(19)7-24)17(29)21-11(4-5-13(20)26)16(28)23-14(9(3)25)18(30)31/h8-12,14,24-25H,4-7,19H2,1-3H3,(H2,20,26)(H,21,29)(H,22,27)(H,23,28)(H,30,31). The number of carbonyl (C=O) groups excluding carboxylic acids is 4. The number of carboxylic acid groups (broad SMARTS) is 1. The molecule has 10 N–H and O–H groups in total. The highest BCUT2D eigenvalue weighted by Crippen LogP contribution is 2.08. The molecule has 0 radical (unpaired) electrons. The normalized spacial score (nSPS) is 15.8. The van der Waals surface area contributed by atoms with Crippen molar-refractivity contribution in [3.63, 3.8) is 0 Å². The van der Waals surface area contributed by atoms with Gasteiger partial charge in [0.1, 0.15) is 18.1 Å². The first kappa shape index (κ1) is 28.2. The maximum Gasteiger partial charge on any atom is 0.328 e. The van der Waals surface area contributed by atoms with E-state index >= 15 is 0 Å². The van der Waals surface area contributed by atoms with E-state index in [2.05, 4.69) is 16.0 Å². The molecule has 0 aromatic heterocycles. The van der Waals surface area contributed by atoms with E-state index in [9.17, 15) is 29.1 Å². The predicted octanol–water partition coefficient (Wildman–Crippen LogP) is -3.46. The zero-order chi connectivity index (χ0) is 24.3. The van der Waals surface area contributed by atoms with Crippen LogP contribution in [-0.2, 0) is 24.0 Å². The molecule has 5 unspecified atom stereocenters. The van der Waals surface area contributed by atoms with E-state index in [-0.39, 0.29) is 25.2 Å². The summed E-state index contributed by atoms with van der Waals surface area (Å²) in [7, 11) is 0. The van der Waals surface area contributed by atoms with Gasteiger partial charge in [0, 0.05) is 6.42 Å². The summed E-state index contributed by atoms with van der Waals surface area (Å²) in [6, 6.07) is -5.37. The SMILES string of the molecule is CC(C)CC(NC(=O)C(N)CO)C(=O)NC(CCC(N)=O)C(=O)NC(C(=O)O)C(C)O. The number of rotatable bonds is 14. The number of aliphatic hydroxyl groups is 2. The van der Waals surface area contributed by atoms with Crippen molar-refractivity contribution in [3.05, 3.63) is 0 Å². The highest BCUT2D eigenvalue weighted by Gasteiger charge is 2.32. The van der Waals surface area contributed by atoms with Crippen LogP contribution in [-0.4, -0.2) is 81.8 Å². The molecule has 13 heteroatoms. The minimum absolute atomic E-state index is 0.0501. The van der Waals surface area contributed by atoms with Gasteiger partial charge >= 0.3 is 5.97 Å². The summed E-state index contributed by atoms with van der Waals surface area (Å²) in [6.07, 6.45) is -1.79. The van der Waals surface area contributed by atoms with Gasteiger partial charge in [-0.15, -0.1) is 0 Å². The Kier molecular flexibility index (Phi) is 12.3. The van der Waals surface area contributed by atoms with Crippen molar-refractivity contribution >= 4 is 29.6 Å². The van der Waals surface area contributed by atoms with Crippen molar-refractivity contribution in [1.82, 2.24) is 16.0 Å². The topological polar surface area (TPSA) is 234 Å². The fraction of sp³-hybridized carbons (Fsp3) is 0.722. The molecule has 0 aliphatic carbocycles. The quantitative estimate of drug-likeness (QED) is 0.132. The average Bonchev–Trinajstić information content (AvgIpc) is 2.66. The van der Waals surface area contributed by atoms with E-state index in [1.54, 1.807) is 13.8 Å². The number of hydrogen-bond donors (Lipinski definition) is 8. The fourth-order valence-electron chi connectivity index (χ4n) is 2.53. The molecule has 4 amide bonds. The van der Waals surface area contributed by atoms with Crippen LogP contribution in [0.3, 0.4) is 0 Å². The molecule has 0 spiro atoms. The number of carboxylic acids is 1. The Labute approximate surface area is 179 Å². The molecule has 0 heterocycles. The number of aliphatic hydroxyl groups excluding tert-OH is 2. The molecule has 0 rings (SSSR count). The maximum absolute atomic E-state index is 12.7. The second-order valence-electron chi connectivity index (χ2n) is 7.61. The van der Waals surface area contributed by atoms with Crippen LogP contribution in [0.25, 0.3) is 0 Å². The number of hydrogen-bond acceptors (Lipinski definition) is 8. The molecule has 0 aromatic carbocycles. The minimum Gasteiger partial charge on any atom is -0.480 e. The van der Waals surface area contributed by atoms with Gasteiger partial charge in [0.2, 0.25) is 23.6 Å². The molecular formula is C18H33N5O8. The van der Waals surface area contributed by atoms with E-state index in [0.29, 0.717) is 0 Å². The van der Waals surface area contributed by atoms with Crippen molar-refractivity contribution in [2.75, 3.05) is 6.61 Å². The summed E-state index contributed by atoms with van der Waals surface area (Å²) in [6.45, 7) is 4.10. The van der Waals surface area contributed by atoms with Crippen LogP contribution in [0.2, 0.25) is 0 Å². The molecule has 0 saturated carbocycles. The van der Waals surface area contributed by atoms with Crippen LogP contribution in [0, 0.1) is 5.92 Å². The van der Waals surface area contributed by atoms with Crippen molar-refractivity contribution in [3.8, 4) is 0 Å². The molecule has 13 nitrogen and oxygen atoms in total. The summed E-state index contributed by atoms with van der Waals surface area (Å²) < 4.78 is 0. The summed E-state index contributed by atoms with van der Waals surface area (Å²) in [4.78, 5) is 59.6. The second-order valence-corrected chi connectivity index (χ2v) is 7.61. The zero-order valence-electron chi connectivity index (χ0n) is 17.8. The highest BCUT2D eigenvalue weighted by atomic mass is 16.4. The lowest BCUT2D eigenvalue weighted by atomic mass is 10.0. The number of aliphatic carboxylic acids is 1. The number of amides is 4. The third-order valence-electron chi connectivity index (χ3n) is 4.23.